The maximum atomic E-state index is 13.4. The number of rotatable bonds is 9. The summed E-state index contributed by atoms with van der Waals surface area (Å²) in [6, 6.07) is 0. The van der Waals surface area contributed by atoms with Crippen LogP contribution in [-0.2, 0) is 20.0 Å². The van der Waals surface area contributed by atoms with Gasteiger partial charge in [-0.3, -0.25) is 0 Å². The largest absolute Gasteiger partial charge is 0.339 e. The van der Waals surface area contributed by atoms with Crippen LogP contribution in [0.3, 0.4) is 0 Å². The van der Waals surface area contributed by atoms with E-state index in [1.54, 1.807) is 18.6 Å². The molecule has 192 valence electrons. The van der Waals surface area contributed by atoms with E-state index in [0.29, 0.717) is 17.1 Å². The van der Waals surface area contributed by atoms with Gasteiger partial charge >= 0.3 is 17.1 Å². The van der Waals surface area contributed by atoms with Gasteiger partial charge in [0.15, 0.2) is 0 Å². The molecule has 0 aliphatic heterocycles. The molecule has 0 saturated carbocycles. The van der Waals surface area contributed by atoms with Crippen LogP contribution in [0.2, 0.25) is 0 Å². The molecule has 15 heteroatoms. The summed E-state index contributed by atoms with van der Waals surface area (Å²) in [5, 5.41) is 24.3. The molecule has 0 aromatic carbocycles. The van der Waals surface area contributed by atoms with E-state index in [1.807, 2.05) is 41.5 Å². The van der Waals surface area contributed by atoms with Crippen LogP contribution in [0.5, 0.6) is 0 Å². The Morgan fingerprint density at radius 3 is 0.972 bits per heavy atom. The Balaban J connectivity index is 1.81. The van der Waals surface area contributed by atoms with E-state index in [4.69, 9.17) is 0 Å². The topological polar surface area (TPSA) is 158 Å². The Kier molecular flexibility index (Phi) is 6.81. The van der Waals surface area contributed by atoms with Gasteiger partial charge in [0, 0.05) is 0 Å². The van der Waals surface area contributed by atoms with Crippen LogP contribution in [0.1, 0.15) is 76.4 Å². The van der Waals surface area contributed by atoms with Crippen molar-refractivity contribution in [3.63, 3.8) is 0 Å². The first-order chi connectivity index (χ1) is 17.0. The molecule has 0 spiro atoms. The van der Waals surface area contributed by atoms with E-state index in [2.05, 4.69) is 30.9 Å². The molecule has 0 N–H and O–H groups in total. The predicted molar refractivity (Wildman–Crippen MR) is 128 cm³/mol. The maximum absolute atomic E-state index is 13.4. The normalized spacial score (nSPS) is 11.9. The Labute approximate surface area is 205 Å². The van der Waals surface area contributed by atoms with Gasteiger partial charge in [-0.1, -0.05) is 57.2 Å². The summed E-state index contributed by atoms with van der Waals surface area (Å²) in [5.74, 6) is 0.350. The van der Waals surface area contributed by atoms with Crippen LogP contribution in [0.4, 0.5) is 0 Å². The van der Waals surface area contributed by atoms with E-state index in [1.165, 1.54) is 14.0 Å². The third-order valence-corrected chi connectivity index (χ3v) is 5.69. The Morgan fingerprint density at radius 1 is 0.528 bits per heavy atom. The summed E-state index contributed by atoms with van der Waals surface area (Å²) in [5.41, 5.74) is -0.263. The van der Waals surface area contributed by atoms with Crippen molar-refractivity contribution in [1.29, 1.82) is 0 Å². The van der Waals surface area contributed by atoms with Gasteiger partial charge in [-0.2, -0.15) is 0 Å². The van der Waals surface area contributed by atoms with Gasteiger partial charge in [-0.25, -0.2) is 42.1 Å². The second-order valence-corrected chi connectivity index (χ2v) is 9.57. The highest BCUT2D eigenvalue weighted by Crippen LogP contribution is 2.10. The highest BCUT2D eigenvalue weighted by atomic mass is 16.2. The summed E-state index contributed by atoms with van der Waals surface area (Å²) in [6.45, 7) is 11.1. The molecule has 15 nitrogen and oxygen atoms in total. The summed E-state index contributed by atoms with van der Waals surface area (Å²) in [4.78, 5) is 40.1. The number of nitrogens with zero attached hydrogens (tertiary/aromatic N) is 12. The van der Waals surface area contributed by atoms with Crippen LogP contribution >= 0.6 is 0 Å². The van der Waals surface area contributed by atoms with Crippen molar-refractivity contribution in [2.45, 2.75) is 79.3 Å². The zero-order valence-electron chi connectivity index (χ0n) is 21.2. The molecule has 0 bridgehead atoms. The van der Waals surface area contributed by atoms with Crippen LogP contribution < -0.4 is 17.1 Å². The van der Waals surface area contributed by atoms with Crippen LogP contribution in [0, 0.1) is 0 Å². The van der Waals surface area contributed by atoms with E-state index in [-0.39, 0.29) is 37.8 Å². The zero-order valence-corrected chi connectivity index (χ0v) is 21.2. The molecule has 0 aliphatic carbocycles. The quantitative estimate of drug-likeness (QED) is 0.305. The van der Waals surface area contributed by atoms with Crippen LogP contribution in [0.25, 0.3) is 0 Å². The average molecular weight is 499 g/mol. The molecule has 4 heterocycles. The number of aromatic nitrogens is 12. The molecule has 0 unspecified atom stereocenters. The van der Waals surface area contributed by atoms with Crippen LogP contribution in [0.15, 0.2) is 33.0 Å². The van der Waals surface area contributed by atoms with Gasteiger partial charge in [0.2, 0.25) is 0 Å². The fourth-order valence-electron chi connectivity index (χ4n) is 3.42. The third kappa shape index (κ3) is 4.94. The lowest BCUT2D eigenvalue weighted by Gasteiger charge is -2.13. The van der Waals surface area contributed by atoms with Crippen molar-refractivity contribution >= 4 is 0 Å². The van der Waals surface area contributed by atoms with E-state index < -0.39 is 17.1 Å². The smallest absolute Gasteiger partial charge is 0.247 e. The van der Waals surface area contributed by atoms with Crippen molar-refractivity contribution in [3.05, 3.63) is 67.1 Å². The first kappa shape index (κ1) is 24.9. The fourth-order valence-corrected chi connectivity index (χ4v) is 3.42. The molecule has 0 aliphatic rings. The minimum absolute atomic E-state index is 0.117. The van der Waals surface area contributed by atoms with Crippen molar-refractivity contribution < 1.29 is 0 Å². The minimum atomic E-state index is -0.800. The lowest BCUT2D eigenvalue weighted by Crippen LogP contribution is -2.56. The van der Waals surface area contributed by atoms with Crippen LogP contribution in [-0.4, -0.2) is 58.7 Å². The standard InChI is InChI=1S/C21H30N12O3/c1-13(2)16-7-28(25-22-16)10-31-19(34)32(11-29-8-17(14(3)4)23-26-29)21(36)33(20(31)35)12-30-9-18(15(5)6)24-27-30/h7-9,13-15H,10-12H2,1-6H3. The van der Waals surface area contributed by atoms with E-state index in [9.17, 15) is 14.4 Å². The van der Waals surface area contributed by atoms with Crippen molar-refractivity contribution in [3.8, 4) is 0 Å². The lowest BCUT2D eigenvalue weighted by molar-refractivity contribution is 0.372. The summed E-state index contributed by atoms with van der Waals surface area (Å²) in [7, 11) is 0. The predicted octanol–water partition coefficient (Wildman–Crippen LogP) is -0.166. The average Bonchev–Trinajstić information content (AvgIpc) is 3.58. The molecule has 0 radical (unpaired) electrons. The van der Waals surface area contributed by atoms with Gasteiger partial charge in [0.1, 0.15) is 20.0 Å². The van der Waals surface area contributed by atoms with E-state index >= 15 is 0 Å². The highest BCUT2D eigenvalue weighted by Gasteiger charge is 2.19. The fraction of sp³-hybridized carbons (Fsp3) is 0.571. The van der Waals surface area contributed by atoms with Crippen molar-refractivity contribution in [2.24, 2.45) is 0 Å². The molecule has 0 amide bonds. The van der Waals surface area contributed by atoms with Crippen molar-refractivity contribution in [2.75, 3.05) is 0 Å². The summed E-state index contributed by atoms with van der Waals surface area (Å²) in [6.07, 6.45) is 4.99. The molecule has 4 aromatic heterocycles. The molecular formula is C21H30N12O3. The van der Waals surface area contributed by atoms with Gasteiger partial charge in [0.05, 0.1) is 35.7 Å². The molecule has 36 heavy (non-hydrogen) atoms. The maximum Gasteiger partial charge on any atom is 0.339 e. The second-order valence-electron chi connectivity index (χ2n) is 9.57. The van der Waals surface area contributed by atoms with Gasteiger partial charge in [0.25, 0.3) is 0 Å². The highest BCUT2D eigenvalue weighted by molar-refractivity contribution is 5.00. The molecule has 0 fully saturated rings. The minimum Gasteiger partial charge on any atom is -0.247 e. The zero-order chi connectivity index (χ0) is 26.1. The Bertz CT molecular complexity index is 1320. The molecule has 4 aromatic rings. The lowest BCUT2D eigenvalue weighted by atomic mass is 10.2. The first-order valence-electron chi connectivity index (χ1n) is 11.7. The summed E-state index contributed by atoms with van der Waals surface area (Å²) < 4.78 is 6.95. The SMILES string of the molecule is CC(C)c1cn(Cn2c(=O)n(Cn3cc(C(C)C)nn3)c(=O)n(Cn3cc(C(C)C)nn3)c2=O)nn1. The van der Waals surface area contributed by atoms with Gasteiger partial charge in [-0.05, 0) is 17.8 Å². The Morgan fingerprint density at radius 2 is 0.778 bits per heavy atom. The molecular weight excluding hydrogens is 468 g/mol. The van der Waals surface area contributed by atoms with E-state index in [0.717, 1.165) is 13.7 Å². The second kappa shape index (κ2) is 9.83. The van der Waals surface area contributed by atoms with Crippen molar-refractivity contribution in [1.82, 2.24) is 58.7 Å². The van der Waals surface area contributed by atoms with Gasteiger partial charge < -0.3 is 0 Å². The molecule has 0 atom stereocenters. The monoisotopic (exact) mass is 498 g/mol. The molecule has 4 rings (SSSR count). The summed E-state index contributed by atoms with van der Waals surface area (Å²) >= 11 is 0. The molecule has 0 saturated heterocycles. The first-order valence-corrected chi connectivity index (χ1v) is 11.7. The van der Waals surface area contributed by atoms with Gasteiger partial charge in [-0.15, -0.1) is 15.3 Å². The Hall–Kier alpha value is -4.17. The number of hydrogen-bond donors (Lipinski definition) is 0. The third-order valence-electron chi connectivity index (χ3n) is 5.69. The number of hydrogen-bond acceptors (Lipinski definition) is 9.